The maximum absolute atomic E-state index is 13.6. The van der Waals surface area contributed by atoms with E-state index in [-0.39, 0.29) is 11.6 Å². The van der Waals surface area contributed by atoms with Crippen LogP contribution in [-0.4, -0.2) is 52.6 Å². The van der Waals surface area contributed by atoms with E-state index >= 15 is 0 Å². The zero-order chi connectivity index (χ0) is 25.9. The molecule has 190 valence electrons. The average molecular weight is 548 g/mol. The number of halogens is 1. The van der Waals surface area contributed by atoms with Crippen molar-refractivity contribution in [3.05, 3.63) is 75.5 Å². The van der Waals surface area contributed by atoms with Gasteiger partial charge in [0.15, 0.2) is 15.7 Å². The molecule has 2 atom stereocenters. The Hall–Kier alpha value is -3.02. The van der Waals surface area contributed by atoms with Gasteiger partial charge in [-0.3, -0.25) is 4.57 Å². The van der Waals surface area contributed by atoms with Crippen LogP contribution in [0.3, 0.4) is 0 Å². The number of benzene rings is 1. The fourth-order valence-electron chi connectivity index (χ4n) is 3.83. The molecule has 0 bridgehead atoms. The molecule has 0 N–H and O–H groups in total. The summed E-state index contributed by atoms with van der Waals surface area (Å²) in [5, 5.41) is 10.3. The van der Waals surface area contributed by atoms with Gasteiger partial charge in [0.05, 0.1) is 24.5 Å². The predicted molar refractivity (Wildman–Crippen MR) is 139 cm³/mol. The first-order chi connectivity index (χ1) is 17.2. The third kappa shape index (κ3) is 5.37. The Balaban J connectivity index is 1.76. The maximum atomic E-state index is 13.6. The van der Waals surface area contributed by atoms with E-state index in [1.54, 1.807) is 62.2 Å². The summed E-state index contributed by atoms with van der Waals surface area (Å²) in [4.78, 5) is 9.47. The minimum Gasteiger partial charge on any atom is -0.494 e. The molecule has 0 aliphatic carbocycles. The summed E-state index contributed by atoms with van der Waals surface area (Å²) in [5.74, 6) is 1.46. The van der Waals surface area contributed by atoms with Gasteiger partial charge >= 0.3 is 0 Å². The first-order valence-electron chi connectivity index (χ1n) is 11.1. The van der Waals surface area contributed by atoms with E-state index in [0.717, 1.165) is 4.88 Å². The number of para-hydroxylation sites is 1. The van der Waals surface area contributed by atoms with E-state index in [0.29, 0.717) is 40.3 Å². The van der Waals surface area contributed by atoms with Gasteiger partial charge in [0.1, 0.15) is 34.6 Å². The molecule has 12 heteroatoms. The third-order valence-corrected chi connectivity index (χ3v) is 9.26. The molecule has 0 aliphatic heterocycles. The highest BCUT2D eigenvalue weighted by Crippen LogP contribution is 2.35. The fourth-order valence-corrected chi connectivity index (χ4v) is 6.18. The van der Waals surface area contributed by atoms with E-state index in [1.165, 1.54) is 12.4 Å². The summed E-state index contributed by atoms with van der Waals surface area (Å²) in [5.41, 5.74) is 0.547. The molecule has 4 rings (SSSR count). The third-order valence-electron chi connectivity index (χ3n) is 5.98. The molecule has 4 aromatic rings. The Morgan fingerprint density at radius 3 is 2.22 bits per heavy atom. The number of nitrogens with zero attached hydrogens (tertiary/aromatic N) is 5. The van der Waals surface area contributed by atoms with Crippen molar-refractivity contribution >= 4 is 32.8 Å². The van der Waals surface area contributed by atoms with Crippen LogP contribution >= 0.6 is 22.9 Å². The molecule has 1 aromatic carbocycles. The van der Waals surface area contributed by atoms with Crippen molar-refractivity contribution in [1.29, 1.82) is 0 Å². The van der Waals surface area contributed by atoms with Crippen LogP contribution in [0.15, 0.2) is 48.1 Å². The smallest absolute Gasteiger partial charge is 0.160 e. The lowest BCUT2D eigenvalue weighted by atomic mass is 10.1. The van der Waals surface area contributed by atoms with Gasteiger partial charge in [-0.05, 0) is 30.5 Å². The summed E-state index contributed by atoms with van der Waals surface area (Å²) >= 11 is 7.48. The van der Waals surface area contributed by atoms with Crippen LogP contribution in [0.25, 0.3) is 5.69 Å². The molecule has 0 unspecified atom stereocenters. The summed E-state index contributed by atoms with van der Waals surface area (Å²) < 4.78 is 40.1. The standard InChI is InChI=1S/C24H26ClN5O4S2/c1-15(24-26-12-17(25)13-27-24)16(2)36(31,32)14-22-29-28-21(11-18-7-6-10-35-18)30(22)23-19(33-3)8-5-9-20(23)34-4/h5-10,12-13,15-16H,11,14H2,1-4H3/t15-,16-/m0/s1. The van der Waals surface area contributed by atoms with Crippen LogP contribution in [0.2, 0.25) is 5.02 Å². The number of hydrogen-bond acceptors (Lipinski definition) is 9. The number of rotatable bonds is 10. The zero-order valence-electron chi connectivity index (χ0n) is 20.3. The maximum Gasteiger partial charge on any atom is 0.160 e. The first kappa shape index (κ1) is 26.1. The van der Waals surface area contributed by atoms with Crippen molar-refractivity contribution in [2.24, 2.45) is 0 Å². The topological polar surface area (TPSA) is 109 Å². The first-order valence-corrected chi connectivity index (χ1v) is 14.1. The molecular formula is C24H26ClN5O4S2. The van der Waals surface area contributed by atoms with Crippen LogP contribution in [0, 0.1) is 0 Å². The predicted octanol–water partition coefficient (Wildman–Crippen LogP) is 4.49. The lowest BCUT2D eigenvalue weighted by Gasteiger charge is -2.20. The van der Waals surface area contributed by atoms with Gasteiger partial charge in [-0.2, -0.15) is 0 Å². The van der Waals surface area contributed by atoms with Crippen LogP contribution in [0.4, 0.5) is 0 Å². The Morgan fingerprint density at radius 2 is 1.64 bits per heavy atom. The molecule has 0 spiro atoms. The van der Waals surface area contributed by atoms with Crippen LogP contribution in [0.5, 0.6) is 11.5 Å². The molecule has 3 heterocycles. The number of methoxy groups -OCH3 is 2. The lowest BCUT2D eigenvalue weighted by molar-refractivity contribution is 0.390. The van der Waals surface area contributed by atoms with Crippen molar-refractivity contribution in [2.75, 3.05) is 14.2 Å². The summed E-state index contributed by atoms with van der Waals surface area (Å²) in [7, 11) is -0.606. The highest BCUT2D eigenvalue weighted by Gasteiger charge is 2.32. The highest BCUT2D eigenvalue weighted by atomic mass is 35.5. The van der Waals surface area contributed by atoms with E-state index in [9.17, 15) is 8.42 Å². The molecule has 0 amide bonds. The summed E-state index contributed by atoms with van der Waals surface area (Å²) in [6, 6.07) is 9.32. The molecular weight excluding hydrogens is 522 g/mol. The number of sulfone groups is 1. The van der Waals surface area contributed by atoms with Crippen molar-refractivity contribution in [2.45, 2.75) is 37.2 Å². The zero-order valence-corrected chi connectivity index (χ0v) is 22.6. The van der Waals surface area contributed by atoms with E-state index in [4.69, 9.17) is 21.1 Å². The second-order valence-electron chi connectivity index (χ2n) is 8.20. The van der Waals surface area contributed by atoms with Crippen molar-refractivity contribution in [3.8, 4) is 17.2 Å². The van der Waals surface area contributed by atoms with Crippen LogP contribution in [0.1, 0.15) is 42.1 Å². The molecule has 36 heavy (non-hydrogen) atoms. The van der Waals surface area contributed by atoms with Gasteiger partial charge in [0, 0.05) is 29.6 Å². The number of hydrogen-bond donors (Lipinski definition) is 0. The van der Waals surface area contributed by atoms with Crippen molar-refractivity contribution in [1.82, 2.24) is 24.7 Å². The fraction of sp³-hybridized carbons (Fsp3) is 0.333. The number of thiophene rings is 1. The number of aromatic nitrogens is 5. The molecule has 0 saturated heterocycles. The minimum atomic E-state index is -3.70. The lowest BCUT2D eigenvalue weighted by Crippen LogP contribution is -2.27. The normalized spacial score (nSPS) is 13.4. The van der Waals surface area contributed by atoms with Gasteiger partial charge in [0.2, 0.25) is 0 Å². The van der Waals surface area contributed by atoms with Crippen LogP contribution < -0.4 is 9.47 Å². The van der Waals surface area contributed by atoms with E-state index in [2.05, 4.69) is 20.2 Å². The Morgan fingerprint density at radius 1 is 1.00 bits per heavy atom. The summed E-state index contributed by atoms with van der Waals surface area (Å²) in [6.07, 6.45) is 3.39. The average Bonchev–Trinajstić information content (AvgIpc) is 3.53. The van der Waals surface area contributed by atoms with Crippen LogP contribution in [-0.2, 0) is 22.0 Å². The van der Waals surface area contributed by atoms with Gasteiger partial charge in [-0.15, -0.1) is 21.5 Å². The van der Waals surface area contributed by atoms with Crippen molar-refractivity contribution < 1.29 is 17.9 Å². The van der Waals surface area contributed by atoms with Gasteiger partial charge in [0.25, 0.3) is 0 Å². The molecule has 0 aliphatic rings. The minimum absolute atomic E-state index is 0.264. The summed E-state index contributed by atoms with van der Waals surface area (Å²) in [6.45, 7) is 3.43. The molecule has 0 radical (unpaired) electrons. The SMILES string of the molecule is COc1cccc(OC)c1-n1c(Cc2cccs2)nnc1CS(=O)(=O)[C@@H](C)[C@H](C)c1ncc(Cl)cn1. The second-order valence-corrected chi connectivity index (χ2v) is 12.0. The molecule has 0 saturated carbocycles. The van der Waals surface area contributed by atoms with E-state index in [1.807, 2.05) is 17.5 Å². The highest BCUT2D eigenvalue weighted by molar-refractivity contribution is 7.91. The Kier molecular flexibility index (Phi) is 7.91. The largest absolute Gasteiger partial charge is 0.494 e. The van der Waals surface area contributed by atoms with Gasteiger partial charge < -0.3 is 9.47 Å². The Labute approximate surface area is 219 Å². The second kappa shape index (κ2) is 10.9. The monoisotopic (exact) mass is 547 g/mol. The quantitative estimate of drug-likeness (QED) is 0.286. The molecule has 3 aromatic heterocycles. The number of ether oxygens (including phenoxy) is 2. The van der Waals surface area contributed by atoms with E-state index < -0.39 is 21.0 Å². The van der Waals surface area contributed by atoms with Gasteiger partial charge in [-0.25, -0.2) is 18.4 Å². The molecule has 0 fully saturated rings. The Bertz CT molecular complexity index is 1400. The van der Waals surface area contributed by atoms with Crippen molar-refractivity contribution in [3.63, 3.8) is 0 Å². The van der Waals surface area contributed by atoms with Gasteiger partial charge in [-0.1, -0.05) is 30.7 Å². The molecule has 9 nitrogen and oxygen atoms in total.